The number of thiophene rings is 1. The fraction of sp³-hybridized carbons (Fsp3) is 0.706. The van der Waals surface area contributed by atoms with Crippen molar-refractivity contribution in [3.63, 3.8) is 0 Å². The summed E-state index contributed by atoms with van der Waals surface area (Å²) >= 11 is 1.15. The van der Waals surface area contributed by atoms with Gasteiger partial charge in [-0.05, 0) is 24.3 Å². The predicted octanol–water partition coefficient (Wildman–Crippen LogP) is 1.62. The number of carbonyl (C=O) groups is 1. The summed E-state index contributed by atoms with van der Waals surface area (Å²) in [5.41, 5.74) is 0. The Labute approximate surface area is 162 Å². The molecule has 2 N–H and O–H groups in total. The summed E-state index contributed by atoms with van der Waals surface area (Å²) in [4.78, 5) is 12.2. The summed E-state index contributed by atoms with van der Waals surface area (Å²) in [5.74, 6) is 0. The van der Waals surface area contributed by atoms with Crippen molar-refractivity contribution in [3.05, 3.63) is 17.5 Å². The zero-order chi connectivity index (χ0) is 18.9. The number of alkyl carbamates (subject to hydrolysis) is 1. The Morgan fingerprint density at radius 1 is 1.15 bits per heavy atom. The molecule has 1 aromatic heterocycles. The van der Waals surface area contributed by atoms with E-state index in [0.717, 1.165) is 37.0 Å². The van der Waals surface area contributed by atoms with Gasteiger partial charge in [-0.25, -0.2) is 17.9 Å². The summed E-state index contributed by atoms with van der Waals surface area (Å²) in [5, 5.41) is 4.62. The van der Waals surface area contributed by atoms with E-state index in [9.17, 15) is 13.2 Å². The first-order valence-corrected chi connectivity index (χ1v) is 11.7. The quantitative estimate of drug-likeness (QED) is 0.756. The molecular formula is C17H24N2O6S2. The highest BCUT2D eigenvalue weighted by molar-refractivity contribution is 7.91. The van der Waals surface area contributed by atoms with E-state index in [2.05, 4.69) is 10.0 Å². The molecule has 2 aliphatic heterocycles. The number of carbonyl (C=O) groups excluding carboxylic acids is 1. The van der Waals surface area contributed by atoms with Crippen LogP contribution >= 0.6 is 11.3 Å². The van der Waals surface area contributed by atoms with E-state index in [0.29, 0.717) is 0 Å². The molecule has 4 rings (SSSR count). The number of amides is 1. The van der Waals surface area contributed by atoms with Crippen LogP contribution < -0.4 is 10.0 Å². The van der Waals surface area contributed by atoms with Crippen LogP contribution in [-0.4, -0.2) is 58.1 Å². The third kappa shape index (κ3) is 4.29. The third-order valence-corrected chi connectivity index (χ3v) is 8.15. The zero-order valence-electron chi connectivity index (χ0n) is 14.8. The van der Waals surface area contributed by atoms with E-state index >= 15 is 0 Å². The summed E-state index contributed by atoms with van der Waals surface area (Å²) in [6, 6.07) is 2.90. The molecule has 1 aromatic rings. The maximum absolute atomic E-state index is 12.4. The Morgan fingerprint density at radius 3 is 2.67 bits per heavy atom. The van der Waals surface area contributed by atoms with Gasteiger partial charge in [0.15, 0.2) is 6.10 Å². The first-order valence-electron chi connectivity index (χ1n) is 9.29. The second kappa shape index (κ2) is 8.04. The second-order valence-electron chi connectivity index (χ2n) is 7.18. The van der Waals surface area contributed by atoms with Gasteiger partial charge in [0.25, 0.3) is 0 Å². The number of fused-ring (bicyclic) bond motifs is 1. The fourth-order valence-electron chi connectivity index (χ4n) is 3.93. The summed E-state index contributed by atoms with van der Waals surface area (Å²) in [6.07, 6.45) is 3.50. The minimum Gasteiger partial charge on any atom is -0.441 e. The van der Waals surface area contributed by atoms with Crippen LogP contribution in [0.3, 0.4) is 0 Å². The van der Waals surface area contributed by atoms with E-state index in [4.69, 9.17) is 14.2 Å². The van der Waals surface area contributed by atoms with E-state index in [1.54, 1.807) is 17.5 Å². The Bertz CT molecular complexity index is 747. The third-order valence-electron chi connectivity index (χ3n) is 5.26. The lowest BCUT2D eigenvalue weighted by molar-refractivity contribution is 0.00281. The normalized spacial score (nSPS) is 31.6. The van der Waals surface area contributed by atoms with Gasteiger partial charge in [0.05, 0.1) is 19.3 Å². The number of hydrogen-bond donors (Lipinski definition) is 2. The largest absolute Gasteiger partial charge is 0.441 e. The molecule has 150 valence electrons. The molecule has 1 aliphatic carbocycles. The van der Waals surface area contributed by atoms with Gasteiger partial charge in [-0.1, -0.05) is 25.3 Å². The number of hydrogen-bond acceptors (Lipinski definition) is 7. The van der Waals surface area contributed by atoms with Gasteiger partial charge in [-0.2, -0.15) is 0 Å². The average Bonchev–Trinajstić information content (AvgIpc) is 3.36. The van der Waals surface area contributed by atoms with Crippen LogP contribution in [0.5, 0.6) is 0 Å². The maximum Gasteiger partial charge on any atom is 0.407 e. The molecule has 1 amide bonds. The van der Waals surface area contributed by atoms with Gasteiger partial charge in [0.2, 0.25) is 10.0 Å². The number of rotatable bonds is 5. The molecule has 3 fully saturated rings. The average molecular weight is 417 g/mol. The van der Waals surface area contributed by atoms with Crippen molar-refractivity contribution in [2.24, 2.45) is 0 Å². The Balaban J connectivity index is 1.31. The SMILES string of the molecule is O=C(NC1CCCCC1)O[C@@H]1CO[C@H]2[C@H]1OC[C@H]2NS(=O)(=O)c1cccs1. The van der Waals surface area contributed by atoms with Crippen LogP contribution in [0.25, 0.3) is 0 Å². The molecule has 0 aromatic carbocycles. The summed E-state index contributed by atoms with van der Waals surface area (Å²) in [7, 11) is -3.61. The molecule has 3 heterocycles. The van der Waals surface area contributed by atoms with Gasteiger partial charge >= 0.3 is 6.09 Å². The summed E-state index contributed by atoms with van der Waals surface area (Å²) in [6.45, 7) is 0.384. The molecule has 2 saturated heterocycles. The second-order valence-corrected chi connectivity index (χ2v) is 10.1. The summed E-state index contributed by atoms with van der Waals surface area (Å²) < 4.78 is 44.6. The Kier molecular flexibility index (Phi) is 5.70. The van der Waals surface area contributed by atoms with Gasteiger partial charge < -0.3 is 19.5 Å². The van der Waals surface area contributed by atoms with Crippen molar-refractivity contribution in [1.29, 1.82) is 0 Å². The predicted molar refractivity (Wildman–Crippen MR) is 98.2 cm³/mol. The molecule has 27 heavy (non-hydrogen) atoms. The standard InChI is InChI=1S/C17H24N2O6S2/c20-17(18-11-5-2-1-3-6-11)25-13-10-24-15-12(9-23-16(13)15)19-27(21,22)14-7-4-8-26-14/h4,7-8,11-13,15-16,19H,1-3,5-6,9-10H2,(H,18,20)/t12-,13-,15-,16+/m1/s1. The topological polar surface area (TPSA) is 103 Å². The van der Waals surface area contributed by atoms with Crippen LogP contribution in [0.4, 0.5) is 4.79 Å². The molecule has 10 heteroatoms. The van der Waals surface area contributed by atoms with Crippen LogP contribution in [0.2, 0.25) is 0 Å². The molecule has 0 unspecified atom stereocenters. The fourth-order valence-corrected chi connectivity index (χ4v) is 6.17. The van der Waals surface area contributed by atoms with E-state index < -0.39 is 40.5 Å². The highest BCUT2D eigenvalue weighted by Crippen LogP contribution is 2.30. The minimum atomic E-state index is -3.61. The molecule has 0 radical (unpaired) electrons. The molecule has 0 bridgehead atoms. The first-order chi connectivity index (χ1) is 13.0. The van der Waals surface area contributed by atoms with Crippen molar-refractivity contribution in [3.8, 4) is 0 Å². The molecular weight excluding hydrogens is 392 g/mol. The highest BCUT2D eigenvalue weighted by Gasteiger charge is 2.50. The van der Waals surface area contributed by atoms with Crippen LogP contribution in [-0.2, 0) is 24.2 Å². The lowest BCUT2D eigenvalue weighted by Crippen LogP contribution is -2.44. The zero-order valence-corrected chi connectivity index (χ0v) is 16.5. The van der Waals surface area contributed by atoms with Crippen LogP contribution in [0.15, 0.2) is 21.7 Å². The minimum absolute atomic E-state index is 0.166. The van der Waals surface area contributed by atoms with Crippen LogP contribution in [0.1, 0.15) is 32.1 Å². The first kappa shape index (κ1) is 19.1. The van der Waals surface area contributed by atoms with Gasteiger partial charge in [0, 0.05) is 6.04 Å². The van der Waals surface area contributed by atoms with Crippen molar-refractivity contribution < 1.29 is 27.4 Å². The number of nitrogens with one attached hydrogen (secondary N) is 2. The van der Waals surface area contributed by atoms with E-state index in [1.165, 1.54) is 6.42 Å². The Morgan fingerprint density at radius 2 is 1.93 bits per heavy atom. The van der Waals surface area contributed by atoms with Crippen molar-refractivity contribution in [2.45, 2.75) is 66.7 Å². The smallest absolute Gasteiger partial charge is 0.407 e. The molecule has 8 nitrogen and oxygen atoms in total. The van der Waals surface area contributed by atoms with Crippen LogP contribution in [0, 0.1) is 0 Å². The Hall–Kier alpha value is -1.20. The van der Waals surface area contributed by atoms with Gasteiger partial charge in [0.1, 0.15) is 16.4 Å². The van der Waals surface area contributed by atoms with Crippen molar-refractivity contribution >= 4 is 27.5 Å². The van der Waals surface area contributed by atoms with E-state index in [-0.39, 0.29) is 23.5 Å². The number of sulfonamides is 1. The van der Waals surface area contributed by atoms with Gasteiger partial charge in [-0.3, -0.25) is 0 Å². The van der Waals surface area contributed by atoms with Crippen molar-refractivity contribution in [1.82, 2.24) is 10.0 Å². The lowest BCUT2D eigenvalue weighted by atomic mass is 9.96. The molecule has 1 saturated carbocycles. The molecule has 3 aliphatic rings. The van der Waals surface area contributed by atoms with Gasteiger partial charge in [-0.15, -0.1) is 11.3 Å². The van der Waals surface area contributed by atoms with Crippen molar-refractivity contribution in [2.75, 3.05) is 13.2 Å². The molecule has 4 atom stereocenters. The maximum atomic E-state index is 12.4. The lowest BCUT2D eigenvalue weighted by Gasteiger charge is -2.24. The number of ether oxygens (including phenoxy) is 3. The monoisotopic (exact) mass is 416 g/mol. The molecule has 0 spiro atoms. The highest BCUT2D eigenvalue weighted by atomic mass is 32.2. The van der Waals surface area contributed by atoms with E-state index in [1.807, 2.05) is 0 Å².